The Bertz CT molecular complexity index is 871. The molecule has 2 aromatic rings. The first-order valence-electron chi connectivity index (χ1n) is 9.61. The van der Waals surface area contributed by atoms with Crippen molar-refractivity contribution in [2.75, 3.05) is 37.7 Å². The lowest BCUT2D eigenvalue weighted by molar-refractivity contribution is 0.0743. The number of carbonyl (C=O) groups is 1. The predicted molar refractivity (Wildman–Crippen MR) is 106 cm³/mol. The van der Waals surface area contributed by atoms with Crippen molar-refractivity contribution in [3.8, 4) is 11.5 Å². The standard InChI is InChI=1S/C20H23ClN4O3/c1-2-24(13-14-6-5-7-16-18(14)28-11-10-27-16)19(26)17-15(21)12-22-20(23-17)25-8-3-4-9-25/h5-7,12H,2-4,8-11,13H2,1H3. The quantitative estimate of drug-likeness (QED) is 0.765. The van der Waals surface area contributed by atoms with E-state index in [9.17, 15) is 4.79 Å². The van der Waals surface area contributed by atoms with Crippen LogP contribution in [0.4, 0.5) is 5.95 Å². The molecule has 0 radical (unpaired) electrons. The van der Waals surface area contributed by atoms with E-state index in [-0.39, 0.29) is 16.6 Å². The van der Waals surface area contributed by atoms with Crippen LogP contribution in [-0.4, -0.2) is 53.6 Å². The Morgan fingerprint density at radius 1 is 1.25 bits per heavy atom. The number of aromatic nitrogens is 2. The first-order chi connectivity index (χ1) is 13.7. The van der Waals surface area contributed by atoms with E-state index in [1.54, 1.807) is 4.90 Å². The van der Waals surface area contributed by atoms with Crippen LogP contribution in [0, 0.1) is 0 Å². The zero-order valence-corrected chi connectivity index (χ0v) is 16.6. The molecule has 1 amide bonds. The van der Waals surface area contributed by atoms with Crippen LogP contribution < -0.4 is 14.4 Å². The maximum absolute atomic E-state index is 13.2. The highest BCUT2D eigenvalue weighted by molar-refractivity contribution is 6.33. The van der Waals surface area contributed by atoms with E-state index in [0.29, 0.717) is 43.8 Å². The summed E-state index contributed by atoms with van der Waals surface area (Å²) in [7, 11) is 0. The van der Waals surface area contributed by atoms with Crippen molar-refractivity contribution in [1.82, 2.24) is 14.9 Å². The van der Waals surface area contributed by atoms with Crippen LogP contribution in [0.1, 0.15) is 35.8 Å². The third kappa shape index (κ3) is 3.71. The van der Waals surface area contributed by atoms with E-state index in [4.69, 9.17) is 21.1 Å². The number of nitrogens with zero attached hydrogens (tertiary/aromatic N) is 4. The molecule has 2 aliphatic heterocycles. The van der Waals surface area contributed by atoms with Gasteiger partial charge in [-0.25, -0.2) is 9.97 Å². The molecule has 4 rings (SSSR count). The van der Waals surface area contributed by atoms with E-state index >= 15 is 0 Å². The highest BCUT2D eigenvalue weighted by Gasteiger charge is 2.25. The maximum atomic E-state index is 13.2. The molecular weight excluding hydrogens is 380 g/mol. The van der Waals surface area contributed by atoms with Crippen LogP contribution in [-0.2, 0) is 6.54 Å². The van der Waals surface area contributed by atoms with E-state index in [1.807, 2.05) is 25.1 Å². The summed E-state index contributed by atoms with van der Waals surface area (Å²) in [5.41, 5.74) is 1.14. The molecule has 2 aliphatic rings. The van der Waals surface area contributed by atoms with Gasteiger partial charge in [0.15, 0.2) is 17.2 Å². The number of rotatable bonds is 5. The van der Waals surface area contributed by atoms with Gasteiger partial charge in [-0.1, -0.05) is 23.7 Å². The van der Waals surface area contributed by atoms with Crippen molar-refractivity contribution in [2.24, 2.45) is 0 Å². The number of halogens is 1. The third-order valence-corrected chi connectivity index (χ3v) is 5.28. The van der Waals surface area contributed by atoms with Gasteiger partial charge in [-0.3, -0.25) is 4.79 Å². The minimum atomic E-state index is -0.218. The first-order valence-corrected chi connectivity index (χ1v) is 9.99. The van der Waals surface area contributed by atoms with Crippen molar-refractivity contribution >= 4 is 23.5 Å². The molecule has 0 bridgehead atoms. The fraction of sp³-hybridized carbons (Fsp3) is 0.450. The lowest BCUT2D eigenvalue weighted by atomic mass is 10.1. The summed E-state index contributed by atoms with van der Waals surface area (Å²) in [5, 5.41) is 0.265. The molecule has 8 heteroatoms. The molecule has 0 N–H and O–H groups in total. The van der Waals surface area contributed by atoms with Gasteiger partial charge in [0.2, 0.25) is 5.95 Å². The average molecular weight is 403 g/mol. The summed E-state index contributed by atoms with van der Waals surface area (Å²) >= 11 is 6.28. The van der Waals surface area contributed by atoms with Gasteiger partial charge < -0.3 is 19.3 Å². The van der Waals surface area contributed by atoms with Gasteiger partial charge in [-0.05, 0) is 25.8 Å². The second-order valence-electron chi connectivity index (χ2n) is 6.82. The number of hydrogen-bond donors (Lipinski definition) is 0. The molecule has 0 atom stereocenters. The Kier molecular flexibility index (Phi) is 5.52. The molecule has 1 aromatic carbocycles. The Morgan fingerprint density at radius 2 is 2.04 bits per heavy atom. The van der Waals surface area contributed by atoms with Gasteiger partial charge in [0.1, 0.15) is 13.2 Å². The molecule has 1 aromatic heterocycles. The smallest absolute Gasteiger partial charge is 0.274 e. The van der Waals surface area contributed by atoms with Crippen molar-refractivity contribution in [3.63, 3.8) is 0 Å². The summed E-state index contributed by atoms with van der Waals surface area (Å²) in [4.78, 5) is 25.8. The average Bonchev–Trinajstić information content (AvgIpc) is 3.27. The lowest BCUT2D eigenvalue weighted by Crippen LogP contribution is -2.32. The Hall–Kier alpha value is -2.54. The number of hydrogen-bond acceptors (Lipinski definition) is 6. The second-order valence-corrected chi connectivity index (χ2v) is 7.23. The van der Waals surface area contributed by atoms with Crippen LogP contribution in [0.25, 0.3) is 0 Å². The third-order valence-electron chi connectivity index (χ3n) is 5.00. The van der Waals surface area contributed by atoms with Gasteiger partial charge in [-0.15, -0.1) is 0 Å². The highest BCUT2D eigenvalue weighted by Crippen LogP contribution is 2.34. The number of para-hydroxylation sites is 1. The molecule has 1 fully saturated rings. The van der Waals surface area contributed by atoms with Crippen LogP contribution in [0.2, 0.25) is 5.02 Å². The summed E-state index contributed by atoms with van der Waals surface area (Å²) in [6.07, 6.45) is 3.74. The van der Waals surface area contributed by atoms with E-state index < -0.39 is 0 Å². The normalized spacial score (nSPS) is 15.6. The van der Waals surface area contributed by atoms with Gasteiger partial charge in [0.25, 0.3) is 5.91 Å². The molecule has 28 heavy (non-hydrogen) atoms. The van der Waals surface area contributed by atoms with E-state index in [1.165, 1.54) is 6.20 Å². The number of ether oxygens (including phenoxy) is 2. The van der Waals surface area contributed by atoms with Crippen LogP contribution in [0.5, 0.6) is 11.5 Å². The van der Waals surface area contributed by atoms with Gasteiger partial charge in [0.05, 0.1) is 11.2 Å². The number of amides is 1. The predicted octanol–water partition coefficient (Wildman–Crippen LogP) is 3.16. The molecule has 0 saturated carbocycles. The zero-order chi connectivity index (χ0) is 19.5. The number of carbonyl (C=O) groups excluding carboxylic acids is 1. The summed E-state index contributed by atoms with van der Waals surface area (Å²) < 4.78 is 11.4. The fourth-order valence-electron chi connectivity index (χ4n) is 3.52. The van der Waals surface area contributed by atoms with Crippen molar-refractivity contribution in [1.29, 1.82) is 0 Å². The summed E-state index contributed by atoms with van der Waals surface area (Å²) in [5.74, 6) is 1.76. The first kappa shape index (κ1) is 18.8. The summed E-state index contributed by atoms with van der Waals surface area (Å²) in [6, 6.07) is 5.73. The molecule has 0 spiro atoms. The minimum absolute atomic E-state index is 0.218. The Balaban J connectivity index is 1.59. The monoisotopic (exact) mass is 402 g/mol. The molecule has 0 unspecified atom stereocenters. The van der Waals surface area contributed by atoms with Crippen molar-refractivity contribution in [3.05, 3.63) is 40.7 Å². The molecule has 1 saturated heterocycles. The van der Waals surface area contributed by atoms with Gasteiger partial charge >= 0.3 is 0 Å². The maximum Gasteiger partial charge on any atom is 0.274 e. The van der Waals surface area contributed by atoms with Crippen LogP contribution in [0.15, 0.2) is 24.4 Å². The Morgan fingerprint density at radius 3 is 2.82 bits per heavy atom. The SMILES string of the molecule is CCN(Cc1cccc2c1OCCO2)C(=O)c1nc(N2CCCC2)ncc1Cl. The van der Waals surface area contributed by atoms with Gasteiger partial charge in [-0.2, -0.15) is 0 Å². The fourth-order valence-corrected chi connectivity index (χ4v) is 3.69. The molecule has 148 valence electrons. The molecular formula is C20H23ClN4O3. The van der Waals surface area contributed by atoms with Crippen LogP contribution in [0.3, 0.4) is 0 Å². The van der Waals surface area contributed by atoms with E-state index in [2.05, 4.69) is 14.9 Å². The number of benzene rings is 1. The summed E-state index contributed by atoms with van der Waals surface area (Å²) in [6.45, 7) is 5.68. The molecule has 3 heterocycles. The Labute approximate surface area is 169 Å². The zero-order valence-electron chi connectivity index (χ0n) is 15.9. The van der Waals surface area contributed by atoms with Crippen molar-refractivity contribution in [2.45, 2.75) is 26.3 Å². The topological polar surface area (TPSA) is 67.8 Å². The van der Waals surface area contributed by atoms with Crippen molar-refractivity contribution < 1.29 is 14.3 Å². The molecule has 0 aliphatic carbocycles. The van der Waals surface area contributed by atoms with Crippen LogP contribution >= 0.6 is 11.6 Å². The second kappa shape index (κ2) is 8.22. The van der Waals surface area contributed by atoms with Gasteiger partial charge in [0, 0.05) is 31.7 Å². The number of fused-ring (bicyclic) bond motifs is 1. The molecule has 7 nitrogen and oxygen atoms in total. The largest absolute Gasteiger partial charge is 0.486 e. The van der Waals surface area contributed by atoms with E-state index in [0.717, 1.165) is 31.5 Å². The lowest BCUT2D eigenvalue weighted by Gasteiger charge is -2.25. The number of anilines is 1. The highest BCUT2D eigenvalue weighted by atomic mass is 35.5. The minimum Gasteiger partial charge on any atom is -0.486 e.